The third-order valence-electron chi connectivity index (χ3n) is 4.08. The number of amides is 1. The molecule has 0 aromatic heterocycles. The second-order valence-electron chi connectivity index (χ2n) is 6.02. The van der Waals surface area contributed by atoms with Gasteiger partial charge in [-0.25, -0.2) is 5.43 Å². The maximum Gasteiger partial charge on any atom is 0.277 e. The average Bonchev–Trinajstić information content (AvgIpc) is 2.64. The van der Waals surface area contributed by atoms with E-state index < -0.39 is 0 Å². The molecule has 1 amide bonds. The fourth-order valence-electron chi connectivity index (χ4n) is 2.28. The Labute approximate surface area is 148 Å². The van der Waals surface area contributed by atoms with Crippen LogP contribution in [0.5, 0.6) is 5.75 Å². The maximum atomic E-state index is 11.9. The summed E-state index contributed by atoms with van der Waals surface area (Å²) in [7, 11) is 0. The van der Waals surface area contributed by atoms with Gasteiger partial charge in [0, 0.05) is 5.69 Å². The van der Waals surface area contributed by atoms with Crippen LogP contribution < -0.4 is 15.9 Å². The van der Waals surface area contributed by atoms with Crippen LogP contribution in [0.1, 0.15) is 44.2 Å². The Balaban J connectivity index is 1.85. The van der Waals surface area contributed by atoms with Crippen molar-refractivity contribution in [2.24, 2.45) is 5.10 Å². The van der Waals surface area contributed by atoms with Gasteiger partial charge >= 0.3 is 0 Å². The van der Waals surface area contributed by atoms with Crippen LogP contribution in [0.3, 0.4) is 0 Å². The molecule has 5 heteroatoms. The molecule has 2 rings (SSSR count). The van der Waals surface area contributed by atoms with Crippen LogP contribution in [0, 0.1) is 0 Å². The van der Waals surface area contributed by atoms with Gasteiger partial charge in [0.2, 0.25) is 0 Å². The predicted molar refractivity (Wildman–Crippen MR) is 102 cm³/mol. The number of nitrogen functional groups attached to an aromatic ring is 1. The quantitative estimate of drug-likeness (QED) is 0.459. The number of carbonyl (C=O) groups is 1. The van der Waals surface area contributed by atoms with Gasteiger partial charge in [-0.1, -0.05) is 38.1 Å². The highest BCUT2D eigenvalue weighted by atomic mass is 16.5. The minimum absolute atomic E-state index is 0.0869. The molecule has 0 fully saturated rings. The Hall–Kier alpha value is -2.82. The van der Waals surface area contributed by atoms with Gasteiger partial charge < -0.3 is 10.5 Å². The van der Waals surface area contributed by atoms with Crippen molar-refractivity contribution in [3.05, 3.63) is 59.7 Å². The molecule has 2 aromatic rings. The number of nitrogens with zero attached hydrogens (tertiary/aromatic N) is 1. The number of hydrogen-bond donors (Lipinski definition) is 2. The van der Waals surface area contributed by atoms with Crippen molar-refractivity contribution in [2.45, 2.75) is 33.1 Å². The number of carbonyl (C=O) groups excluding carboxylic acids is 1. The van der Waals surface area contributed by atoms with Crippen LogP contribution in [0.15, 0.2) is 53.6 Å². The minimum atomic E-state index is -0.311. The van der Waals surface area contributed by atoms with Gasteiger partial charge in [-0.05, 0) is 54.7 Å². The molecule has 0 bridgehead atoms. The molecule has 0 saturated carbocycles. The van der Waals surface area contributed by atoms with Gasteiger partial charge in [0.15, 0.2) is 6.61 Å². The zero-order valence-corrected chi connectivity index (χ0v) is 15.0. The van der Waals surface area contributed by atoms with Crippen molar-refractivity contribution in [3.8, 4) is 5.75 Å². The number of anilines is 1. The van der Waals surface area contributed by atoms with E-state index >= 15 is 0 Å². The third kappa shape index (κ3) is 5.64. The first-order chi connectivity index (χ1) is 12.0. The molecule has 25 heavy (non-hydrogen) atoms. The third-order valence-corrected chi connectivity index (χ3v) is 4.08. The molecule has 132 valence electrons. The number of hydrogen-bond acceptors (Lipinski definition) is 4. The van der Waals surface area contributed by atoms with Gasteiger partial charge in [0.05, 0.1) is 5.71 Å². The number of ether oxygens (including phenoxy) is 1. The Morgan fingerprint density at radius 2 is 1.96 bits per heavy atom. The van der Waals surface area contributed by atoms with E-state index in [4.69, 9.17) is 10.5 Å². The molecule has 0 spiro atoms. The van der Waals surface area contributed by atoms with E-state index in [0.717, 1.165) is 12.0 Å². The minimum Gasteiger partial charge on any atom is -0.484 e. The van der Waals surface area contributed by atoms with Crippen molar-refractivity contribution < 1.29 is 9.53 Å². The van der Waals surface area contributed by atoms with Gasteiger partial charge in [0.25, 0.3) is 5.91 Å². The summed E-state index contributed by atoms with van der Waals surface area (Å²) in [5, 5.41) is 4.08. The maximum absolute atomic E-state index is 11.9. The lowest BCUT2D eigenvalue weighted by Gasteiger charge is -2.10. The Bertz CT molecular complexity index is 739. The van der Waals surface area contributed by atoms with Crippen LogP contribution in [0.2, 0.25) is 0 Å². The van der Waals surface area contributed by atoms with Crippen LogP contribution >= 0.6 is 0 Å². The summed E-state index contributed by atoms with van der Waals surface area (Å²) in [6.07, 6.45) is 1.09. The van der Waals surface area contributed by atoms with Gasteiger partial charge in [-0.3, -0.25) is 4.79 Å². The van der Waals surface area contributed by atoms with Crippen LogP contribution in [0.25, 0.3) is 0 Å². The summed E-state index contributed by atoms with van der Waals surface area (Å²) < 4.78 is 5.49. The number of benzene rings is 2. The normalized spacial score (nSPS) is 12.5. The number of rotatable bonds is 7. The van der Waals surface area contributed by atoms with E-state index in [1.807, 2.05) is 43.3 Å². The lowest BCUT2D eigenvalue weighted by molar-refractivity contribution is -0.123. The first-order valence-electron chi connectivity index (χ1n) is 8.41. The predicted octanol–water partition coefficient (Wildman–Crippen LogP) is 3.70. The van der Waals surface area contributed by atoms with Crippen LogP contribution in [0.4, 0.5) is 5.69 Å². The van der Waals surface area contributed by atoms with E-state index in [0.29, 0.717) is 23.1 Å². The molecule has 5 nitrogen and oxygen atoms in total. The summed E-state index contributed by atoms with van der Waals surface area (Å²) in [5.74, 6) is 0.870. The molecule has 0 heterocycles. The molecule has 0 saturated heterocycles. The average molecular weight is 339 g/mol. The molecular formula is C20H25N3O2. The molecule has 0 radical (unpaired) electrons. The van der Waals surface area contributed by atoms with Crippen LogP contribution in [-0.4, -0.2) is 18.2 Å². The van der Waals surface area contributed by atoms with Crippen molar-refractivity contribution in [1.82, 2.24) is 5.43 Å². The van der Waals surface area contributed by atoms with Crippen molar-refractivity contribution >= 4 is 17.3 Å². The summed E-state index contributed by atoms with van der Waals surface area (Å²) in [4.78, 5) is 11.9. The SMILES string of the molecule is CCC(C)c1ccc(OCC(=O)N/N=C(\C)c2cccc(N)c2)cc1. The molecule has 1 atom stereocenters. The molecule has 0 aliphatic carbocycles. The first-order valence-corrected chi connectivity index (χ1v) is 8.41. The molecule has 1 unspecified atom stereocenters. The van der Waals surface area contributed by atoms with E-state index in [-0.39, 0.29) is 12.5 Å². The summed E-state index contributed by atoms with van der Waals surface area (Å²) in [6, 6.07) is 15.2. The van der Waals surface area contributed by atoms with Crippen molar-refractivity contribution in [2.75, 3.05) is 12.3 Å². The smallest absolute Gasteiger partial charge is 0.277 e. The van der Waals surface area contributed by atoms with Gasteiger partial charge in [0.1, 0.15) is 5.75 Å². The second kappa shape index (κ2) is 8.87. The van der Waals surface area contributed by atoms with E-state index in [9.17, 15) is 4.79 Å². The van der Waals surface area contributed by atoms with E-state index in [2.05, 4.69) is 24.4 Å². The Morgan fingerprint density at radius 1 is 1.24 bits per heavy atom. The zero-order valence-electron chi connectivity index (χ0n) is 15.0. The molecule has 2 aromatic carbocycles. The lowest BCUT2D eigenvalue weighted by atomic mass is 9.99. The Morgan fingerprint density at radius 3 is 2.60 bits per heavy atom. The van der Waals surface area contributed by atoms with Gasteiger partial charge in [-0.2, -0.15) is 5.10 Å². The Kier molecular flexibility index (Phi) is 6.57. The van der Waals surface area contributed by atoms with E-state index in [1.54, 1.807) is 12.1 Å². The molecule has 3 N–H and O–H groups in total. The fourth-order valence-corrected chi connectivity index (χ4v) is 2.28. The monoisotopic (exact) mass is 339 g/mol. The summed E-state index contributed by atoms with van der Waals surface area (Å²) in [6.45, 7) is 6.07. The first kappa shape index (κ1) is 18.5. The topological polar surface area (TPSA) is 76.7 Å². The highest BCUT2D eigenvalue weighted by molar-refractivity contribution is 5.99. The second-order valence-corrected chi connectivity index (χ2v) is 6.02. The zero-order chi connectivity index (χ0) is 18.2. The standard InChI is InChI=1S/C20H25N3O2/c1-4-14(2)16-8-10-19(11-9-16)25-13-20(24)23-22-15(3)17-6-5-7-18(21)12-17/h5-12,14H,4,13,21H2,1-3H3,(H,23,24)/b22-15+. The van der Waals surface area contributed by atoms with Crippen LogP contribution in [-0.2, 0) is 4.79 Å². The lowest BCUT2D eigenvalue weighted by Crippen LogP contribution is -2.25. The largest absolute Gasteiger partial charge is 0.484 e. The van der Waals surface area contributed by atoms with Crippen molar-refractivity contribution in [1.29, 1.82) is 0 Å². The number of hydrazone groups is 1. The highest BCUT2D eigenvalue weighted by Crippen LogP contribution is 2.21. The highest BCUT2D eigenvalue weighted by Gasteiger charge is 2.05. The van der Waals surface area contributed by atoms with Gasteiger partial charge in [-0.15, -0.1) is 0 Å². The molecule has 0 aliphatic rings. The summed E-state index contributed by atoms with van der Waals surface area (Å²) >= 11 is 0. The number of nitrogens with one attached hydrogen (secondary N) is 1. The summed E-state index contributed by atoms with van der Waals surface area (Å²) in [5.41, 5.74) is 11.7. The van der Waals surface area contributed by atoms with E-state index in [1.165, 1.54) is 5.56 Å². The molecule has 0 aliphatic heterocycles. The van der Waals surface area contributed by atoms with Crippen molar-refractivity contribution in [3.63, 3.8) is 0 Å². The fraction of sp³-hybridized carbons (Fsp3) is 0.300. The number of nitrogens with two attached hydrogens (primary N) is 1. The molecular weight excluding hydrogens is 314 g/mol.